The van der Waals surface area contributed by atoms with E-state index in [0.29, 0.717) is 0 Å². The molecule has 3 unspecified atom stereocenters. The summed E-state index contributed by atoms with van der Waals surface area (Å²) < 4.78 is 12.0. The van der Waals surface area contributed by atoms with Crippen molar-refractivity contribution < 1.29 is 19.7 Å². The van der Waals surface area contributed by atoms with Gasteiger partial charge in [-0.15, -0.1) is 0 Å². The van der Waals surface area contributed by atoms with Crippen molar-refractivity contribution in [1.82, 2.24) is 9.55 Å². The Balaban J connectivity index is 2.01. The largest absolute Gasteiger partial charge is 0.393 e. The highest BCUT2D eigenvalue weighted by molar-refractivity contribution is 5.07. The third kappa shape index (κ3) is 1.40. The minimum absolute atomic E-state index is 0.0734. The lowest BCUT2D eigenvalue weighted by Crippen LogP contribution is -2.44. The second kappa shape index (κ2) is 3.75. The Kier molecular flexibility index (Phi) is 2.42. The van der Waals surface area contributed by atoms with Gasteiger partial charge in [-0.2, -0.15) is 0 Å². The molecule has 0 amide bonds. The molecular weight excluding hydrogens is 244 g/mol. The highest BCUT2D eigenvalue weighted by Crippen LogP contribution is 2.43. The molecule has 2 aliphatic heterocycles. The molecule has 0 spiro atoms. The zero-order valence-electron chi connectivity index (χ0n) is 9.28. The number of aromatic amines is 1. The first-order valence-corrected chi connectivity index (χ1v) is 5.47. The van der Waals surface area contributed by atoms with Crippen LogP contribution in [-0.2, 0) is 9.47 Å². The summed E-state index contributed by atoms with van der Waals surface area (Å²) in [6, 6.07) is 1.18. The molecule has 2 fully saturated rings. The molecule has 3 rings (SSSR count). The third-order valence-electron chi connectivity index (χ3n) is 3.40. The van der Waals surface area contributed by atoms with Crippen LogP contribution in [0.3, 0.4) is 0 Å². The van der Waals surface area contributed by atoms with Gasteiger partial charge in [-0.05, 0) is 0 Å². The second-order valence-corrected chi connectivity index (χ2v) is 4.47. The number of hydrogen-bond acceptors (Lipinski definition) is 6. The lowest BCUT2D eigenvalue weighted by Gasteiger charge is -2.29. The Bertz CT molecular complexity index is 580. The number of H-pyrrole nitrogens is 1. The molecule has 1 aromatic heterocycles. The van der Waals surface area contributed by atoms with Crippen molar-refractivity contribution in [1.29, 1.82) is 0 Å². The van der Waals surface area contributed by atoms with Crippen LogP contribution < -0.4 is 11.2 Å². The Hall–Kier alpha value is -1.48. The Morgan fingerprint density at radius 2 is 2.33 bits per heavy atom. The molecule has 2 aliphatic rings. The van der Waals surface area contributed by atoms with Crippen molar-refractivity contribution in [2.24, 2.45) is 0 Å². The van der Waals surface area contributed by atoms with Crippen LogP contribution >= 0.6 is 0 Å². The Morgan fingerprint density at radius 1 is 1.56 bits per heavy atom. The zero-order valence-corrected chi connectivity index (χ0v) is 9.28. The smallest absolute Gasteiger partial charge is 0.330 e. The predicted molar refractivity (Wildman–Crippen MR) is 57.0 cm³/mol. The van der Waals surface area contributed by atoms with Gasteiger partial charge in [0.1, 0.15) is 17.8 Å². The van der Waals surface area contributed by atoms with E-state index in [9.17, 15) is 19.8 Å². The maximum atomic E-state index is 11.6. The van der Waals surface area contributed by atoms with Gasteiger partial charge < -0.3 is 19.7 Å². The number of nitrogens with zero attached hydrogens (tertiary/aromatic N) is 1. The van der Waals surface area contributed by atoms with Gasteiger partial charge in [0.05, 0.1) is 13.2 Å². The molecule has 3 N–H and O–H groups in total. The zero-order chi connectivity index (χ0) is 12.9. The highest BCUT2D eigenvalue weighted by atomic mass is 16.7. The number of fused-ring (bicyclic) bond motifs is 2. The molecule has 2 bridgehead atoms. The number of ether oxygens (including phenoxy) is 2. The first-order chi connectivity index (χ1) is 8.57. The lowest BCUT2D eigenvalue weighted by atomic mass is 10.0. The third-order valence-corrected chi connectivity index (χ3v) is 3.40. The molecule has 0 radical (unpaired) electrons. The average Bonchev–Trinajstić information content (AvgIpc) is 2.81. The van der Waals surface area contributed by atoms with Crippen molar-refractivity contribution in [2.75, 3.05) is 13.2 Å². The van der Waals surface area contributed by atoms with Crippen molar-refractivity contribution in [3.63, 3.8) is 0 Å². The van der Waals surface area contributed by atoms with Gasteiger partial charge >= 0.3 is 5.69 Å². The van der Waals surface area contributed by atoms with Crippen LogP contribution in [0.2, 0.25) is 0 Å². The van der Waals surface area contributed by atoms with E-state index >= 15 is 0 Å². The van der Waals surface area contributed by atoms with Gasteiger partial charge in [0, 0.05) is 12.3 Å². The summed E-state index contributed by atoms with van der Waals surface area (Å²) in [4.78, 5) is 24.7. The van der Waals surface area contributed by atoms with Crippen molar-refractivity contribution in [3.05, 3.63) is 33.1 Å². The van der Waals surface area contributed by atoms with Gasteiger partial charge in [0.2, 0.25) is 0 Å². The van der Waals surface area contributed by atoms with Crippen molar-refractivity contribution >= 4 is 0 Å². The van der Waals surface area contributed by atoms with Crippen molar-refractivity contribution in [2.45, 2.75) is 24.0 Å². The monoisotopic (exact) mass is 256 g/mol. The van der Waals surface area contributed by atoms with E-state index in [1.54, 1.807) is 0 Å². The molecular formula is C10H12N2O6. The van der Waals surface area contributed by atoms with Gasteiger partial charge in [-0.3, -0.25) is 14.3 Å². The summed E-state index contributed by atoms with van der Waals surface area (Å²) in [5.74, 6) is 0. The van der Waals surface area contributed by atoms with Crippen LogP contribution in [0.1, 0.15) is 6.23 Å². The number of aliphatic hydroxyl groups is 2. The summed E-state index contributed by atoms with van der Waals surface area (Å²) in [5, 5.41) is 19.2. The molecule has 8 heteroatoms. The summed E-state index contributed by atoms with van der Waals surface area (Å²) >= 11 is 0. The van der Waals surface area contributed by atoms with Crippen LogP contribution in [0, 0.1) is 0 Å². The van der Waals surface area contributed by atoms with E-state index < -0.39 is 41.9 Å². The molecule has 18 heavy (non-hydrogen) atoms. The van der Waals surface area contributed by atoms with Crippen LogP contribution in [0.4, 0.5) is 0 Å². The topological polar surface area (TPSA) is 114 Å². The number of aromatic nitrogens is 2. The SMILES string of the molecule is O=c1ccn(C2O[C@@]3(CO)COC2C3O)c(=O)[nH]1. The lowest BCUT2D eigenvalue weighted by molar-refractivity contribution is -0.187. The second-order valence-electron chi connectivity index (χ2n) is 4.47. The summed E-state index contributed by atoms with van der Waals surface area (Å²) in [6.07, 6.45) is -1.33. The summed E-state index contributed by atoms with van der Waals surface area (Å²) in [5.41, 5.74) is -2.35. The molecule has 8 nitrogen and oxygen atoms in total. The van der Waals surface area contributed by atoms with E-state index in [0.717, 1.165) is 4.57 Å². The number of rotatable bonds is 2. The molecule has 0 aromatic carbocycles. The predicted octanol–water partition coefficient (Wildman–Crippen LogP) is -2.44. The first-order valence-electron chi connectivity index (χ1n) is 5.47. The van der Waals surface area contributed by atoms with E-state index in [4.69, 9.17) is 9.47 Å². The molecule has 98 valence electrons. The summed E-state index contributed by atoms with van der Waals surface area (Å²) in [6.45, 7) is -0.330. The fourth-order valence-electron chi connectivity index (χ4n) is 2.38. The van der Waals surface area contributed by atoms with E-state index in [1.807, 2.05) is 0 Å². The minimum Gasteiger partial charge on any atom is -0.393 e. The average molecular weight is 256 g/mol. The van der Waals surface area contributed by atoms with E-state index in [1.165, 1.54) is 12.3 Å². The Morgan fingerprint density at radius 3 is 2.94 bits per heavy atom. The van der Waals surface area contributed by atoms with Crippen LogP contribution in [-0.4, -0.2) is 50.8 Å². The summed E-state index contributed by atoms with van der Waals surface area (Å²) in [7, 11) is 0. The van der Waals surface area contributed by atoms with Gasteiger partial charge in [0.15, 0.2) is 6.23 Å². The van der Waals surface area contributed by atoms with Gasteiger partial charge in [0.25, 0.3) is 5.56 Å². The van der Waals surface area contributed by atoms with E-state index in [2.05, 4.69) is 4.98 Å². The molecule has 4 atom stereocenters. The Labute approximate surface area is 100 Å². The van der Waals surface area contributed by atoms with Gasteiger partial charge in [-0.1, -0.05) is 0 Å². The van der Waals surface area contributed by atoms with Gasteiger partial charge in [-0.25, -0.2) is 4.79 Å². The number of nitrogens with one attached hydrogen (secondary N) is 1. The fraction of sp³-hybridized carbons (Fsp3) is 0.600. The highest BCUT2D eigenvalue weighted by Gasteiger charge is 2.61. The molecule has 2 saturated heterocycles. The maximum absolute atomic E-state index is 11.6. The standard InChI is InChI=1S/C10H12N2O6/c13-3-10-4-17-6(7(10)15)8(18-10)12-2-1-5(14)11-9(12)16/h1-2,6-8,13,15H,3-4H2,(H,11,14,16)/t6?,7?,8?,10-/m0/s1. The van der Waals surface area contributed by atoms with Crippen LogP contribution in [0.15, 0.2) is 21.9 Å². The van der Waals surface area contributed by atoms with Crippen LogP contribution in [0.5, 0.6) is 0 Å². The molecule has 3 heterocycles. The number of aliphatic hydroxyl groups excluding tert-OH is 2. The quantitative estimate of drug-likeness (QED) is 0.541. The molecule has 0 aliphatic carbocycles. The van der Waals surface area contributed by atoms with Crippen LogP contribution in [0.25, 0.3) is 0 Å². The molecule has 0 saturated carbocycles. The fourth-order valence-corrected chi connectivity index (χ4v) is 2.38. The molecule has 1 aromatic rings. The minimum atomic E-state index is -1.19. The number of hydrogen-bond donors (Lipinski definition) is 3. The van der Waals surface area contributed by atoms with Crippen molar-refractivity contribution in [3.8, 4) is 0 Å². The maximum Gasteiger partial charge on any atom is 0.330 e. The van der Waals surface area contributed by atoms with E-state index in [-0.39, 0.29) is 6.61 Å². The normalized spacial score (nSPS) is 38.2. The first kappa shape index (κ1) is 11.6.